The van der Waals surface area contributed by atoms with Crippen molar-refractivity contribution < 1.29 is 14.3 Å². The predicted octanol–water partition coefficient (Wildman–Crippen LogP) is 2.62. The van der Waals surface area contributed by atoms with E-state index in [4.69, 9.17) is 4.74 Å². The molecular weight excluding hydrogens is 378 g/mol. The highest BCUT2D eigenvalue weighted by Gasteiger charge is 2.24. The summed E-state index contributed by atoms with van der Waals surface area (Å²) in [4.78, 5) is 26.6. The van der Waals surface area contributed by atoms with Gasteiger partial charge in [0.2, 0.25) is 0 Å². The highest BCUT2D eigenvalue weighted by molar-refractivity contribution is 5.85. The fourth-order valence-electron chi connectivity index (χ4n) is 2.51. The molecule has 0 aliphatic heterocycles. The Labute approximate surface area is 172 Å². The Morgan fingerprint density at radius 3 is 2.14 bits per heavy atom. The largest absolute Gasteiger partial charge is 0.459 e. The minimum Gasteiger partial charge on any atom is -0.459 e. The van der Waals surface area contributed by atoms with Gasteiger partial charge < -0.3 is 20.3 Å². The summed E-state index contributed by atoms with van der Waals surface area (Å²) in [5.74, 6) is -0.446. The Hall–Kier alpha value is -2.57. The first-order valence-electron chi connectivity index (χ1n) is 9.01. The normalized spacial score (nSPS) is 11.1. The van der Waals surface area contributed by atoms with Crippen LogP contribution in [0.25, 0.3) is 0 Å². The number of nitrogens with one attached hydrogen (secondary N) is 2. The predicted molar refractivity (Wildman–Crippen MR) is 113 cm³/mol. The smallest absolute Gasteiger partial charge is 0.329 e. The summed E-state index contributed by atoms with van der Waals surface area (Å²) in [5, 5.41) is 5.79. The molecule has 0 aliphatic carbocycles. The molecule has 28 heavy (non-hydrogen) atoms. The Balaban J connectivity index is 0.00000392. The van der Waals surface area contributed by atoms with Gasteiger partial charge in [-0.2, -0.15) is 0 Å². The molecule has 0 unspecified atom stereocenters. The lowest BCUT2D eigenvalue weighted by Crippen LogP contribution is -2.49. The van der Waals surface area contributed by atoms with Crippen LogP contribution in [0.3, 0.4) is 0 Å². The highest BCUT2D eigenvalue weighted by Crippen LogP contribution is 2.08. The Kier molecular flexibility index (Phi) is 10.7. The van der Waals surface area contributed by atoms with E-state index in [2.05, 4.69) is 10.6 Å². The molecule has 0 fully saturated rings. The number of hydrogen-bond donors (Lipinski definition) is 2. The molecular formula is C21H28ClN3O3. The van der Waals surface area contributed by atoms with E-state index in [0.717, 1.165) is 11.1 Å². The van der Waals surface area contributed by atoms with E-state index in [1.807, 2.05) is 67.7 Å². The molecule has 0 spiro atoms. The van der Waals surface area contributed by atoms with Crippen LogP contribution in [0.5, 0.6) is 0 Å². The summed E-state index contributed by atoms with van der Waals surface area (Å²) in [6, 6.07) is 18.0. The average Bonchev–Trinajstić information content (AvgIpc) is 2.71. The van der Waals surface area contributed by atoms with Crippen molar-refractivity contribution in [3.8, 4) is 0 Å². The molecule has 0 aromatic heterocycles. The Bertz CT molecular complexity index is 713. The second kappa shape index (κ2) is 12.8. The maximum Gasteiger partial charge on any atom is 0.329 e. The third-order valence-corrected chi connectivity index (χ3v) is 4.13. The monoisotopic (exact) mass is 405 g/mol. The molecule has 0 aliphatic rings. The summed E-state index contributed by atoms with van der Waals surface area (Å²) < 4.78 is 5.44. The van der Waals surface area contributed by atoms with E-state index in [9.17, 15) is 9.59 Å². The summed E-state index contributed by atoms with van der Waals surface area (Å²) in [6.07, 6.45) is 0.375. The van der Waals surface area contributed by atoms with Gasteiger partial charge in [-0.1, -0.05) is 60.7 Å². The van der Waals surface area contributed by atoms with Gasteiger partial charge in [-0.15, -0.1) is 12.4 Å². The van der Waals surface area contributed by atoms with E-state index < -0.39 is 12.0 Å². The van der Waals surface area contributed by atoms with Crippen molar-refractivity contribution in [1.82, 2.24) is 15.5 Å². The number of hydrogen-bond acceptors (Lipinski definition) is 4. The highest BCUT2D eigenvalue weighted by atomic mass is 35.5. The summed E-state index contributed by atoms with van der Waals surface area (Å²) in [7, 11) is 3.52. The fraction of sp³-hybridized carbons (Fsp3) is 0.333. The minimum absolute atomic E-state index is 0. The zero-order valence-electron chi connectivity index (χ0n) is 16.3. The number of amides is 2. The van der Waals surface area contributed by atoms with Crippen LogP contribution in [0.1, 0.15) is 11.1 Å². The van der Waals surface area contributed by atoms with E-state index in [0.29, 0.717) is 19.5 Å². The molecule has 0 saturated heterocycles. The number of halogens is 1. The van der Waals surface area contributed by atoms with Crippen molar-refractivity contribution >= 4 is 24.4 Å². The van der Waals surface area contributed by atoms with Gasteiger partial charge in [0.1, 0.15) is 12.6 Å². The number of carbonyl (C=O) groups is 2. The van der Waals surface area contributed by atoms with E-state index in [1.165, 1.54) is 0 Å². The molecule has 2 N–H and O–H groups in total. The Morgan fingerprint density at radius 2 is 1.57 bits per heavy atom. The van der Waals surface area contributed by atoms with Crippen LogP contribution in [0.2, 0.25) is 0 Å². The zero-order valence-corrected chi connectivity index (χ0v) is 17.1. The topological polar surface area (TPSA) is 70.7 Å². The van der Waals surface area contributed by atoms with Crippen LogP contribution in [-0.4, -0.2) is 50.1 Å². The van der Waals surface area contributed by atoms with Crippen molar-refractivity contribution in [3.63, 3.8) is 0 Å². The van der Waals surface area contributed by atoms with Crippen LogP contribution in [0.15, 0.2) is 60.7 Å². The van der Waals surface area contributed by atoms with Crippen LogP contribution >= 0.6 is 12.4 Å². The molecule has 0 heterocycles. The quantitative estimate of drug-likeness (QED) is 0.629. The summed E-state index contributed by atoms with van der Waals surface area (Å²) >= 11 is 0. The van der Waals surface area contributed by atoms with Gasteiger partial charge >= 0.3 is 12.0 Å². The SMILES string of the molecule is CNCCN(C)C(=O)N[C@@H](Cc1ccccc1)C(=O)OCc1ccccc1.Cl. The van der Waals surface area contributed by atoms with E-state index in [-0.39, 0.29) is 25.0 Å². The fourth-order valence-corrected chi connectivity index (χ4v) is 2.51. The summed E-state index contributed by atoms with van der Waals surface area (Å²) in [6.45, 7) is 1.39. The zero-order chi connectivity index (χ0) is 19.5. The lowest BCUT2D eigenvalue weighted by molar-refractivity contribution is -0.147. The molecule has 0 saturated carbocycles. The molecule has 2 aromatic carbocycles. The number of likely N-dealkylation sites (N-methyl/N-ethyl adjacent to an activating group) is 2. The number of carbonyl (C=O) groups excluding carboxylic acids is 2. The molecule has 2 amide bonds. The number of benzene rings is 2. The second-order valence-corrected chi connectivity index (χ2v) is 6.31. The third kappa shape index (κ3) is 7.98. The van der Waals surface area contributed by atoms with Gasteiger partial charge in [-0.3, -0.25) is 0 Å². The van der Waals surface area contributed by atoms with Crippen molar-refractivity contribution in [2.45, 2.75) is 19.1 Å². The lowest BCUT2D eigenvalue weighted by atomic mass is 10.1. The molecule has 0 bridgehead atoms. The molecule has 1 atom stereocenters. The summed E-state index contributed by atoms with van der Waals surface area (Å²) in [5.41, 5.74) is 1.86. The number of urea groups is 1. The number of nitrogens with zero attached hydrogens (tertiary/aromatic N) is 1. The van der Waals surface area contributed by atoms with Gasteiger partial charge in [0.05, 0.1) is 0 Å². The lowest BCUT2D eigenvalue weighted by Gasteiger charge is -2.23. The second-order valence-electron chi connectivity index (χ2n) is 6.31. The minimum atomic E-state index is -0.749. The molecule has 0 radical (unpaired) electrons. The van der Waals surface area contributed by atoms with Crippen molar-refractivity contribution in [2.24, 2.45) is 0 Å². The maximum absolute atomic E-state index is 12.6. The average molecular weight is 406 g/mol. The maximum atomic E-state index is 12.6. The number of rotatable bonds is 9. The molecule has 6 nitrogen and oxygen atoms in total. The molecule has 2 rings (SSSR count). The van der Waals surface area contributed by atoms with Crippen LogP contribution in [-0.2, 0) is 22.6 Å². The van der Waals surface area contributed by atoms with Crippen molar-refractivity contribution in [2.75, 3.05) is 27.2 Å². The molecule has 152 valence electrons. The molecule has 7 heteroatoms. The van der Waals surface area contributed by atoms with Crippen LogP contribution in [0, 0.1) is 0 Å². The van der Waals surface area contributed by atoms with Gasteiger partial charge in [-0.25, -0.2) is 9.59 Å². The van der Waals surface area contributed by atoms with Crippen LogP contribution in [0.4, 0.5) is 4.79 Å². The van der Waals surface area contributed by atoms with Gasteiger partial charge in [0.15, 0.2) is 0 Å². The van der Waals surface area contributed by atoms with E-state index in [1.54, 1.807) is 11.9 Å². The standard InChI is InChI=1S/C21H27N3O3.ClH/c1-22-13-14-24(2)21(26)23-19(15-17-9-5-3-6-10-17)20(25)27-16-18-11-7-4-8-12-18;/h3-12,19,22H,13-16H2,1-2H3,(H,23,26);1H/t19-;/m0./s1. The Morgan fingerprint density at radius 1 is 1.00 bits per heavy atom. The molecule has 2 aromatic rings. The first kappa shape index (κ1) is 23.5. The van der Waals surface area contributed by atoms with Gasteiger partial charge in [0.25, 0.3) is 0 Å². The van der Waals surface area contributed by atoms with Crippen LogP contribution < -0.4 is 10.6 Å². The number of ether oxygens (including phenoxy) is 1. The third-order valence-electron chi connectivity index (χ3n) is 4.13. The van der Waals surface area contributed by atoms with Gasteiger partial charge in [-0.05, 0) is 18.2 Å². The first-order chi connectivity index (χ1) is 13.1. The van der Waals surface area contributed by atoms with Crippen molar-refractivity contribution in [3.05, 3.63) is 71.8 Å². The van der Waals surface area contributed by atoms with E-state index >= 15 is 0 Å². The first-order valence-corrected chi connectivity index (χ1v) is 9.01. The number of esters is 1. The van der Waals surface area contributed by atoms with Gasteiger partial charge in [0, 0.05) is 26.6 Å². The van der Waals surface area contributed by atoms with Crippen molar-refractivity contribution in [1.29, 1.82) is 0 Å².